The second kappa shape index (κ2) is 7.81. The molecule has 1 aliphatic carbocycles. The third-order valence-electron chi connectivity index (χ3n) is 7.30. The lowest BCUT2D eigenvalue weighted by Gasteiger charge is -2.61. The lowest BCUT2D eigenvalue weighted by molar-refractivity contribution is -0.163. The van der Waals surface area contributed by atoms with Gasteiger partial charge in [0.15, 0.2) is 0 Å². The van der Waals surface area contributed by atoms with Gasteiger partial charge in [0, 0.05) is 24.4 Å². The van der Waals surface area contributed by atoms with Gasteiger partial charge in [0.25, 0.3) is 5.66 Å². The van der Waals surface area contributed by atoms with Crippen LogP contribution in [0.1, 0.15) is 57.1 Å². The average molecular weight is 413 g/mol. The van der Waals surface area contributed by atoms with Crippen molar-refractivity contribution in [1.82, 2.24) is 4.90 Å². The van der Waals surface area contributed by atoms with Crippen LogP contribution in [-0.2, 0) is 5.41 Å². The van der Waals surface area contributed by atoms with Crippen molar-refractivity contribution in [3.05, 3.63) is 29.3 Å². The molecular weight excluding hydrogens is 379 g/mol. The molecule has 1 aliphatic heterocycles. The molecule has 1 heterocycles. The first-order valence-electron chi connectivity index (χ1n) is 10.3. The van der Waals surface area contributed by atoms with Crippen LogP contribution in [0.2, 0.25) is 0 Å². The zero-order valence-electron chi connectivity index (χ0n) is 17.5. The van der Waals surface area contributed by atoms with E-state index in [1.165, 1.54) is 0 Å². The number of alkyl halides is 2. The van der Waals surface area contributed by atoms with E-state index < -0.39 is 11.3 Å². The third-order valence-corrected chi connectivity index (χ3v) is 7.59. The molecule has 5 unspecified atom stereocenters. The van der Waals surface area contributed by atoms with E-state index in [2.05, 4.69) is 30.9 Å². The normalized spacial score (nSPS) is 34.1. The molecule has 3 nitrogen and oxygen atoms in total. The van der Waals surface area contributed by atoms with E-state index in [1.54, 1.807) is 16.3 Å². The zero-order valence-corrected chi connectivity index (χ0v) is 18.6. The molecule has 2 aliphatic rings. The van der Waals surface area contributed by atoms with Crippen LogP contribution in [0.3, 0.4) is 0 Å². The van der Waals surface area contributed by atoms with Crippen molar-refractivity contribution in [3.63, 3.8) is 0 Å². The summed E-state index contributed by atoms with van der Waals surface area (Å²) in [5.74, 6) is 1.31. The number of piperidine rings is 1. The Labute approximate surface area is 170 Å². The number of rotatable bonds is 5. The Hall–Kier alpha value is -0.770. The topological polar surface area (TPSA) is 32.7 Å². The van der Waals surface area contributed by atoms with Crippen molar-refractivity contribution < 1.29 is 18.6 Å². The van der Waals surface area contributed by atoms with Crippen LogP contribution in [0.25, 0.3) is 0 Å². The van der Waals surface area contributed by atoms with Gasteiger partial charge in [0.1, 0.15) is 5.75 Å². The summed E-state index contributed by atoms with van der Waals surface area (Å²) in [6.45, 7) is 7.37. The summed E-state index contributed by atoms with van der Waals surface area (Å²) in [7, 11) is 3.29. The van der Waals surface area contributed by atoms with Crippen LogP contribution >= 0.6 is 9.24 Å². The highest BCUT2D eigenvalue weighted by Crippen LogP contribution is 2.56. The number of benzene rings is 1. The van der Waals surface area contributed by atoms with Gasteiger partial charge < -0.3 is 9.84 Å². The molecule has 0 aromatic heterocycles. The highest BCUT2D eigenvalue weighted by atomic mass is 31.0. The molecule has 0 bridgehead atoms. The van der Waals surface area contributed by atoms with Crippen molar-refractivity contribution in [1.29, 1.82) is 0 Å². The predicted octanol–water partition coefficient (Wildman–Crippen LogP) is 4.74. The number of aryl methyl sites for hydroxylation is 1. The van der Waals surface area contributed by atoms with Crippen LogP contribution in [0.15, 0.2) is 18.2 Å². The zero-order chi connectivity index (χ0) is 20.7. The average Bonchev–Trinajstić information content (AvgIpc) is 2.63. The third kappa shape index (κ3) is 3.82. The molecule has 0 spiro atoms. The standard InChI is InChI=1S/C22H34F2NO2P/c1-15-7-8-21(26)17(3)25(12-10-22(23,24)28)11-9-20(21,14-15)19-13-18(27-4)6-5-16(19)2/h5-6,13,15,17,26H,7-12,14,28H2,1-4H3. The fourth-order valence-corrected chi connectivity index (χ4v) is 5.79. The van der Waals surface area contributed by atoms with Crippen LogP contribution in [0.5, 0.6) is 5.75 Å². The number of fused-ring (bicyclic) bond motifs is 1. The Balaban J connectivity index is 2.01. The minimum absolute atomic E-state index is 0.174. The fourth-order valence-electron chi connectivity index (χ4n) is 5.66. The smallest absolute Gasteiger partial charge is 0.260 e. The number of halogens is 2. The number of nitrogens with zero attached hydrogens (tertiary/aromatic N) is 1. The Morgan fingerprint density at radius 1 is 1.32 bits per heavy atom. The van der Waals surface area contributed by atoms with Gasteiger partial charge in [-0.3, -0.25) is 4.90 Å². The van der Waals surface area contributed by atoms with Gasteiger partial charge in [-0.2, -0.15) is 0 Å². The first kappa shape index (κ1) is 21.9. The van der Waals surface area contributed by atoms with Crippen molar-refractivity contribution in [2.45, 2.75) is 75.6 Å². The summed E-state index contributed by atoms with van der Waals surface area (Å²) < 4.78 is 32.3. The minimum atomic E-state index is -2.76. The molecule has 3 rings (SSSR count). The summed E-state index contributed by atoms with van der Waals surface area (Å²) in [5, 5.41) is 12.1. The molecule has 158 valence electrons. The molecular formula is C22H34F2NO2P. The highest BCUT2D eigenvalue weighted by molar-refractivity contribution is 7.18. The van der Waals surface area contributed by atoms with Gasteiger partial charge in [-0.1, -0.05) is 22.2 Å². The maximum absolute atomic E-state index is 13.4. The Bertz CT molecular complexity index is 710. The van der Waals surface area contributed by atoms with E-state index in [0.717, 1.165) is 36.1 Å². The number of aliphatic hydroxyl groups is 1. The van der Waals surface area contributed by atoms with Gasteiger partial charge in [-0.15, -0.1) is 0 Å². The Morgan fingerprint density at radius 3 is 2.68 bits per heavy atom. The van der Waals surface area contributed by atoms with Crippen molar-refractivity contribution in [2.75, 3.05) is 20.2 Å². The molecule has 28 heavy (non-hydrogen) atoms. The molecule has 1 saturated carbocycles. The number of hydrogen-bond acceptors (Lipinski definition) is 3. The molecule has 0 radical (unpaired) electrons. The van der Waals surface area contributed by atoms with Gasteiger partial charge in [0.05, 0.1) is 12.7 Å². The maximum atomic E-state index is 13.4. The summed E-state index contributed by atoms with van der Waals surface area (Å²) in [6, 6.07) is 5.93. The fraction of sp³-hybridized carbons (Fsp3) is 0.727. The van der Waals surface area contributed by atoms with E-state index in [-0.39, 0.29) is 17.9 Å². The van der Waals surface area contributed by atoms with Crippen molar-refractivity contribution in [2.24, 2.45) is 5.92 Å². The summed E-state index contributed by atoms with van der Waals surface area (Å²) >= 11 is 0. The van der Waals surface area contributed by atoms with Crippen LogP contribution < -0.4 is 4.74 Å². The molecule has 1 N–H and O–H groups in total. The maximum Gasteiger partial charge on any atom is 0.260 e. The van der Waals surface area contributed by atoms with Crippen LogP contribution in [0.4, 0.5) is 8.78 Å². The van der Waals surface area contributed by atoms with Gasteiger partial charge >= 0.3 is 0 Å². The van der Waals surface area contributed by atoms with E-state index in [1.807, 2.05) is 13.0 Å². The van der Waals surface area contributed by atoms with E-state index in [9.17, 15) is 13.9 Å². The molecule has 0 amide bonds. The molecule has 5 atom stereocenters. The Kier molecular flexibility index (Phi) is 6.12. The van der Waals surface area contributed by atoms with Crippen LogP contribution in [-0.4, -0.2) is 47.5 Å². The SMILES string of the molecule is COc1ccc(C)c(C23CCN(CCC(F)(F)P)C(C)C2(O)CCC(C)C3)c1. The van der Waals surface area contributed by atoms with Crippen molar-refractivity contribution >= 4 is 9.24 Å². The molecule has 1 aromatic rings. The first-order valence-corrected chi connectivity index (χ1v) is 10.9. The molecule has 2 fully saturated rings. The summed E-state index contributed by atoms with van der Waals surface area (Å²) in [5.41, 5.74) is -1.76. The second-order valence-electron chi connectivity index (χ2n) is 9.01. The summed E-state index contributed by atoms with van der Waals surface area (Å²) in [4.78, 5) is 2.06. The summed E-state index contributed by atoms with van der Waals surface area (Å²) in [6.07, 6.45) is 3.13. The second-order valence-corrected chi connectivity index (χ2v) is 9.85. The van der Waals surface area contributed by atoms with Crippen molar-refractivity contribution in [3.8, 4) is 5.75 Å². The number of methoxy groups -OCH3 is 1. The molecule has 6 heteroatoms. The first-order chi connectivity index (χ1) is 13.0. The number of likely N-dealkylation sites (tertiary alicyclic amines) is 1. The largest absolute Gasteiger partial charge is 0.497 e. The van der Waals surface area contributed by atoms with E-state index in [4.69, 9.17) is 4.74 Å². The van der Waals surface area contributed by atoms with E-state index >= 15 is 0 Å². The quantitative estimate of drug-likeness (QED) is 0.708. The molecule has 1 aromatic carbocycles. The lowest BCUT2D eigenvalue weighted by atomic mass is 9.51. The van der Waals surface area contributed by atoms with Gasteiger partial charge in [0.2, 0.25) is 0 Å². The monoisotopic (exact) mass is 413 g/mol. The Morgan fingerprint density at radius 2 is 2.04 bits per heavy atom. The number of ether oxygens (including phenoxy) is 1. The number of hydrogen-bond donors (Lipinski definition) is 1. The van der Waals surface area contributed by atoms with Gasteiger partial charge in [-0.05, 0) is 75.3 Å². The van der Waals surface area contributed by atoms with E-state index in [0.29, 0.717) is 25.4 Å². The minimum Gasteiger partial charge on any atom is -0.497 e. The highest BCUT2D eigenvalue weighted by Gasteiger charge is 2.60. The predicted molar refractivity (Wildman–Crippen MR) is 112 cm³/mol. The lowest BCUT2D eigenvalue weighted by Crippen LogP contribution is -2.69. The van der Waals surface area contributed by atoms with Crippen LogP contribution in [0, 0.1) is 12.8 Å². The van der Waals surface area contributed by atoms with Gasteiger partial charge in [-0.25, -0.2) is 8.78 Å². The molecule has 1 saturated heterocycles.